The van der Waals surface area contributed by atoms with Crippen LogP contribution in [0.25, 0.3) is 11.4 Å². The number of carbonyl (C=O) groups is 2. The van der Waals surface area contributed by atoms with E-state index in [1.54, 1.807) is 12.1 Å². The van der Waals surface area contributed by atoms with Gasteiger partial charge in [0.25, 0.3) is 0 Å². The molecule has 0 spiro atoms. The molecular formula is C20H19F3N6O2. The van der Waals surface area contributed by atoms with E-state index in [-0.39, 0.29) is 30.4 Å². The Morgan fingerprint density at radius 3 is 2.52 bits per heavy atom. The van der Waals surface area contributed by atoms with Crippen molar-refractivity contribution in [1.29, 1.82) is 0 Å². The molecular weight excluding hydrogens is 413 g/mol. The largest absolute Gasteiger partial charge is 0.416 e. The van der Waals surface area contributed by atoms with Gasteiger partial charge < -0.3 is 10.2 Å². The minimum atomic E-state index is -4.50. The van der Waals surface area contributed by atoms with Gasteiger partial charge in [-0.15, -0.1) is 10.2 Å². The molecule has 2 aromatic carbocycles. The summed E-state index contributed by atoms with van der Waals surface area (Å²) in [7, 11) is 1.45. The lowest BCUT2D eigenvalue weighted by molar-refractivity contribution is -0.137. The van der Waals surface area contributed by atoms with E-state index in [9.17, 15) is 22.8 Å². The molecule has 0 atom stereocenters. The van der Waals surface area contributed by atoms with Crippen LogP contribution in [0.15, 0.2) is 48.5 Å². The number of hydrogen-bond acceptors (Lipinski definition) is 5. The number of hydrogen-bond donors (Lipinski definition) is 1. The number of rotatable bonds is 6. The van der Waals surface area contributed by atoms with Crippen molar-refractivity contribution in [2.24, 2.45) is 0 Å². The van der Waals surface area contributed by atoms with Gasteiger partial charge in [0.1, 0.15) is 6.54 Å². The topological polar surface area (TPSA) is 93.0 Å². The third-order valence-corrected chi connectivity index (χ3v) is 4.32. The third kappa shape index (κ3) is 5.87. The minimum absolute atomic E-state index is 0.0429. The van der Waals surface area contributed by atoms with Crippen molar-refractivity contribution in [3.8, 4) is 11.4 Å². The summed E-state index contributed by atoms with van der Waals surface area (Å²) in [5.74, 6) is -0.887. The van der Waals surface area contributed by atoms with Crippen LogP contribution in [0.4, 0.5) is 18.9 Å². The molecule has 3 rings (SSSR count). The van der Waals surface area contributed by atoms with E-state index in [1.807, 2.05) is 19.1 Å². The highest BCUT2D eigenvalue weighted by Gasteiger charge is 2.30. The van der Waals surface area contributed by atoms with Crippen molar-refractivity contribution in [2.45, 2.75) is 19.6 Å². The second kappa shape index (κ2) is 8.94. The number of anilines is 1. The van der Waals surface area contributed by atoms with Crippen LogP contribution in [0, 0.1) is 6.92 Å². The molecule has 31 heavy (non-hydrogen) atoms. The molecule has 8 nitrogen and oxygen atoms in total. The lowest BCUT2D eigenvalue weighted by Crippen LogP contribution is -2.37. The lowest BCUT2D eigenvalue weighted by atomic mass is 10.1. The summed E-state index contributed by atoms with van der Waals surface area (Å²) >= 11 is 0. The first-order valence-corrected chi connectivity index (χ1v) is 9.18. The predicted octanol–water partition coefficient (Wildman–Crippen LogP) is 2.76. The third-order valence-electron chi connectivity index (χ3n) is 4.32. The van der Waals surface area contributed by atoms with Gasteiger partial charge in [-0.1, -0.05) is 29.8 Å². The number of benzene rings is 2. The Morgan fingerprint density at radius 1 is 1.13 bits per heavy atom. The van der Waals surface area contributed by atoms with Crippen LogP contribution in [0.3, 0.4) is 0 Å². The fourth-order valence-corrected chi connectivity index (χ4v) is 2.64. The van der Waals surface area contributed by atoms with Crippen LogP contribution in [0.5, 0.6) is 0 Å². The first kappa shape index (κ1) is 21.9. The molecule has 0 saturated heterocycles. The van der Waals surface area contributed by atoms with Gasteiger partial charge >= 0.3 is 6.18 Å². The number of aryl methyl sites for hydroxylation is 1. The Bertz CT molecular complexity index is 1080. The van der Waals surface area contributed by atoms with Gasteiger partial charge in [0, 0.05) is 18.3 Å². The number of halogens is 3. The number of nitrogens with one attached hydrogen (secondary N) is 1. The van der Waals surface area contributed by atoms with Crippen molar-refractivity contribution >= 4 is 17.5 Å². The zero-order valence-electron chi connectivity index (χ0n) is 16.7. The molecule has 1 heterocycles. The van der Waals surface area contributed by atoms with Crippen molar-refractivity contribution in [3.63, 3.8) is 0 Å². The molecule has 0 aliphatic heterocycles. The van der Waals surface area contributed by atoms with Gasteiger partial charge in [-0.3, -0.25) is 9.59 Å². The molecule has 1 N–H and O–H groups in total. The van der Waals surface area contributed by atoms with Gasteiger partial charge in [0.2, 0.25) is 17.6 Å². The van der Waals surface area contributed by atoms with Gasteiger partial charge in [0.05, 0.1) is 12.1 Å². The van der Waals surface area contributed by atoms with Gasteiger partial charge in [0.15, 0.2) is 0 Å². The zero-order chi connectivity index (χ0) is 22.6. The Morgan fingerprint density at radius 2 is 1.84 bits per heavy atom. The van der Waals surface area contributed by atoms with Gasteiger partial charge in [-0.25, -0.2) is 0 Å². The number of amides is 2. The molecule has 0 bridgehead atoms. The van der Waals surface area contributed by atoms with E-state index in [4.69, 9.17) is 0 Å². The summed E-state index contributed by atoms with van der Waals surface area (Å²) in [6.07, 6.45) is -4.50. The van der Waals surface area contributed by atoms with Crippen LogP contribution in [0.1, 0.15) is 11.1 Å². The van der Waals surface area contributed by atoms with E-state index in [0.717, 1.165) is 22.5 Å². The van der Waals surface area contributed by atoms with Gasteiger partial charge in [-0.2, -0.15) is 18.0 Å². The molecule has 0 unspecified atom stereocenters. The number of likely N-dealkylation sites (N-methyl/N-ethyl adjacent to an activating group) is 1. The monoisotopic (exact) mass is 432 g/mol. The van der Waals surface area contributed by atoms with Crippen molar-refractivity contribution < 1.29 is 22.8 Å². The lowest BCUT2D eigenvalue weighted by Gasteiger charge is -2.16. The van der Waals surface area contributed by atoms with E-state index < -0.39 is 17.6 Å². The maximum Gasteiger partial charge on any atom is 0.416 e. The first-order chi connectivity index (χ1) is 14.6. The molecule has 0 fully saturated rings. The normalized spacial score (nSPS) is 11.3. The maximum absolute atomic E-state index is 12.9. The SMILES string of the molecule is Cc1ccc(NC(=O)CN(C)C(=O)Cn2nnc(-c3cccc(C(F)(F)F)c3)n2)cc1. The summed E-state index contributed by atoms with van der Waals surface area (Å²) in [5.41, 5.74) is 0.950. The van der Waals surface area contributed by atoms with Crippen molar-refractivity contribution in [1.82, 2.24) is 25.1 Å². The zero-order valence-corrected chi connectivity index (χ0v) is 16.7. The molecule has 0 aliphatic rings. The second-order valence-electron chi connectivity index (χ2n) is 6.89. The quantitative estimate of drug-likeness (QED) is 0.647. The summed E-state index contributed by atoms with van der Waals surface area (Å²) in [6.45, 7) is 1.41. The number of aromatic nitrogens is 4. The van der Waals surface area contributed by atoms with Crippen LogP contribution >= 0.6 is 0 Å². The molecule has 2 amide bonds. The Balaban J connectivity index is 1.59. The smallest absolute Gasteiger partial charge is 0.335 e. The van der Waals surface area contributed by atoms with Crippen molar-refractivity contribution in [2.75, 3.05) is 18.9 Å². The molecule has 162 valence electrons. The first-order valence-electron chi connectivity index (χ1n) is 9.18. The number of carbonyl (C=O) groups excluding carboxylic acids is 2. The van der Waals surface area contributed by atoms with E-state index in [2.05, 4.69) is 20.7 Å². The van der Waals surface area contributed by atoms with Crippen LogP contribution in [0.2, 0.25) is 0 Å². The Kier molecular flexibility index (Phi) is 6.33. The van der Waals surface area contributed by atoms with E-state index in [1.165, 1.54) is 24.1 Å². The van der Waals surface area contributed by atoms with Crippen LogP contribution in [-0.4, -0.2) is 50.5 Å². The molecule has 0 aliphatic carbocycles. The van der Waals surface area contributed by atoms with Crippen LogP contribution in [-0.2, 0) is 22.3 Å². The standard InChI is InChI=1S/C20H19F3N6O2/c1-13-6-8-16(9-7-13)24-17(30)11-28(2)18(31)12-29-26-19(25-27-29)14-4-3-5-15(10-14)20(21,22)23/h3-10H,11-12H2,1-2H3,(H,24,30). The molecule has 1 aromatic heterocycles. The highest BCUT2D eigenvalue weighted by atomic mass is 19.4. The summed E-state index contributed by atoms with van der Waals surface area (Å²) in [5, 5.41) is 14.1. The van der Waals surface area contributed by atoms with Gasteiger partial charge in [-0.05, 0) is 36.4 Å². The summed E-state index contributed by atoms with van der Waals surface area (Å²) in [6, 6.07) is 11.7. The summed E-state index contributed by atoms with van der Waals surface area (Å²) in [4.78, 5) is 26.6. The molecule has 11 heteroatoms. The summed E-state index contributed by atoms with van der Waals surface area (Å²) < 4.78 is 38.6. The van der Waals surface area contributed by atoms with Crippen LogP contribution < -0.4 is 5.32 Å². The minimum Gasteiger partial charge on any atom is -0.335 e. The number of alkyl halides is 3. The number of nitrogens with zero attached hydrogens (tertiary/aromatic N) is 5. The Labute approximate surface area is 175 Å². The molecule has 0 radical (unpaired) electrons. The average Bonchev–Trinajstić information content (AvgIpc) is 3.17. The van der Waals surface area contributed by atoms with E-state index >= 15 is 0 Å². The maximum atomic E-state index is 12.9. The highest BCUT2D eigenvalue weighted by Crippen LogP contribution is 2.31. The average molecular weight is 432 g/mol. The number of tetrazole rings is 1. The van der Waals surface area contributed by atoms with Crippen molar-refractivity contribution in [3.05, 3.63) is 59.7 Å². The highest BCUT2D eigenvalue weighted by molar-refractivity contribution is 5.94. The molecule has 3 aromatic rings. The second-order valence-corrected chi connectivity index (χ2v) is 6.89. The molecule has 0 saturated carbocycles. The predicted molar refractivity (Wildman–Crippen MR) is 106 cm³/mol. The Hall–Kier alpha value is -3.76. The fourth-order valence-electron chi connectivity index (χ4n) is 2.64. The van der Waals surface area contributed by atoms with E-state index in [0.29, 0.717) is 5.69 Å². The fraction of sp³-hybridized carbons (Fsp3) is 0.250.